The molecule has 1 aromatic rings. The van der Waals surface area contributed by atoms with Gasteiger partial charge in [-0.05, 0) is 61.1 Å². The van der Waals surface area contributed by atoms with Gasteiger partial charge >= 0.3 is 0 Å². The normalized spacial score (nSPS) is 15.5. The van der Waals surface area contributed by atoms with E-state index in [0.717, 1.165) is 43.0 Å². The van der Waals surface area contributed by atoms with Gasteiger partial charge < -0.3 is 10.6 Å². The molecule has 0 aromatic heterocycles. The summed E-state index contributed by atoms with van der Waals surface area (Å²) < 4.78 is 0. The van der Waals surface area contributed by atoms with Crippen LogP contribution in [-0.4, -0.2) is 30.0 Å². The number of hydrogen-bond donors (Lipinski definition) is 2. The number of nitrogens with one attached hydrogen (secondary N) is 2. The summed E-state index contributed by atoms with van der Waals surface area (Å²) in [5.41, 5.74) is 3.41. The van der Waals surface area contributed by atoms with Gasteiger partial charge in [0.05, 0.1) is 0 Å². The minimum absolute atomic E-state index is 0.0485. The maximum Gasteiger partial charge on any atom is 0.251 e. The monoisotopic (exact) mass is 292 g/mol. The van der Waals surface area contributed by atoms with Crippen molar-refractivity contribution in [2.75, 3.05) is 18.1 Å². The summed E-state index contributed by atoms with van der Waals surface area (Å²) in [6.45, 7) is 6.15. The van der Waals surface area contributed by atoms with Crippen LogP contribution in [0.4, 0.5) is 0 Å². The van der Waals surface area contributed by atoms with E-state index < -0.39 is 0 Å². The van der Waals surface area contributed by atoms with Crippen LogP contribution in [0.2, 0.25) is 0 Å². The molecule has 20 heavy (non-hydrogen) atoms. The Balaban J connectivity index is 1.92. The smallest absolute Gasteiger partial charge is 0.251 e. The fourth-order valence-corrected chi connectivity index (χ4v) is 3.21. The fraction of sp³-hybridized carbons (Fsp3) is 0.562. The number of carbonyl (C=O) groups excluding carboxylic acids is 1. The molecular weight excluding hydrogens is 268 g/mol. The predicted molar refractivity (Wildman–Crippen MR) is 86.4 cm³/mol. The van der Waals surface area contributed by atoms with E-state index in [0.29, 0.717) is 0 Å². The van der Waals surface area contributed by atoms with Crippen molar-refractivity contribution in [1.29, 1.82) is 0 Å². The molecule has 2 N–H and O–H groups in total. The summed E-state index contributed by atoms with van der Waals surface area (Å²) >= 11 is 1.92. The van der Waals surface area contributed by atoms with Gasteiger partial charge in [0.15, 0.2) is 0 Å². The van der Waals surface area contributed by atoms with E-state index in [2.05, 4.69) is 30.5 Å². The number of thioether (sulfide) groups is 1. The third-order valence-electron chi connectivity index (χ3n) is 3.63. The number of carbonyl (C=O) groups is 1. The highest BCUT2D eigenvalue weighted by Crippen LogP contribution is 2.16. The fourth-order valence-electron chi connectivity index (χ4n) is 2.41. The van der Waals surface area contributed by atoms with E-state index in [1.54, 1.807) is 0 Å². The van der Waals surface area contributed by atoms with Crippen molar-refractivity contribution < 1.29 is 4.79 Å². The zero-order chi connectivity index (χ0) is 14.4. The van der Waals surface area contributed by atoms with E-state index in [-0.39, 0.29) is 11.9 Å². The minimum atomic E-state index is 0.0485. The quantitative estimate of drug-likeness (QED) is 0.792. The van der Waals surface area contributed by atoms with Gasteiger partial charge in [0, 0.05) is 18.2 Å². The molecule has 1 heterocycles. The first-order valence-corrected chi connectivity index (χ1v) is 8.57. The molecule has 0 aliphatic carbocycles. The van der Waals surface area contributed by atoms with Crippen molar-refractivity contribution in [2.24, 2.45) is 0 Å². The molecule has 2 rings (SSSR count). The number of amides is 1. The van der Waals surface area contributed by atoms with Crippen LogP contribution in [0, 0.1) is 0 Å². The largest absolute Gasteiger partial charge is 0.350 e. The first-order valence-electron chi connectivity index (χ1n) is 7.42. The molecule has 110 valence electrons. The maximum absolute atomic E-state index is 12.2. The van der Waals surface area contributed by atoms with Gasteiger partial charge in [-0.2, -0.15) is 11.8 Å². The van der Waals surface area contributed by atoms with Crippen LogP contribution < -0.4 is 10.6 Å². The van der Waals surface area contributed by atoms with Crippen LogP contribution in [0.5, 0.6) is 0 Å². The summed E-state index contributed by atoms with van der Waals surface area (Å²) in [5.74, 6) is 2.29. The van der Waals surface area contributed by atoms with Crippen LogP contribution in [-0.2, 0) is 13.0 Å². The van der Waals surface area contributed by atoms with Crippen molar-refractivity contribution in [2.45, 2.75) is 39.3 Å². The summed E-state index contributed by atoms with van der Waals surface area (Å²) in [7, 11) is 0. The first-order chi connectivity index (χ1) is 9.70. The van der Waals surface area contributed by atoms with Crippen LogP contribution in [0.15, 0.2) is 18.2 Å². The van der Waals surface area contributed by atoms with Crippen molar-refractivity contribution in [3.8, 4) is 0 Å². The average Bonchev–Trinajstić information content (AvgIpc) is 2.47. The Kier molecular flexibility index (Phi) is 5.92. The van der Waals surface area contributed by atoms with Gasteiger partial charge in [0.25, 0.3) is 5.91 Å². The van der Waals surface area contributed by atoms with Crippen molar-refractivity contribution in [3.63, 3.8) is 0 Å². The zero-order valence-corrected chi connectivity index (χ0v) is 13.2. The molecule has 0 saturated carbocycles. The Bertz CT molecular complexity index is 462. The molecule has 0 radical (unpaired) electrons. The summed E-state index contributed by atoms with van der Waals surface area (Å²) in [4.78, 5) is 12.2. The van der Waals surface area contributed by atoms with E-state index in [4.69, 9.17) is 0 Å². The molecule has 0 spiro atoms. The highest BCUT2D eigenvalue weighted by molar-refractivity contribution is 7.99. The molecule has 1 aromatic carbocycles. The molecule has 1 aliphatic heterocycles. The standard InChI is InChI=1S/C16H24N2OS/c1-3-20-9-7-12(2)18-16(19)14-5-4-13-6-8-17-11-15(13)10-14/h4-5,10,12,17H,3,6-9,11H2,1-2H3,(H,18,19). The predicted octanol–water partition coefficient (Wildman–Crippen LogP) is 2.59. The van der Waals surface area contributed by atoms with Crippen molar-refractivity contribution >= 4 is 17.7 Å². The second-order valence-corrected chi connectivity index (χ2v) is 6.66. The Hall–Kier alpha value is -1.00. The third-order valence-corrected chi connectivity index (χ3v) is 4.56. The number of rotatable bonds is 6. The van der Waals surface area contributed by atoms with Crippen molar-refractivity contribution in [1.82, 2.24) is 10.6 Å². The highest BCUT2D eigenvalue weighted by atomic mass is 32.2. The average molecular weight is 292 g/mol. The molecule has 3 nitrogen and oxygen atoms in total. The van der Waals surface area contributed by atoms with E-state index in [9.17, 15) is 4.79 Å². The number of hydrogen-bond acceptors (Lipinski definition) is 3. The molecule has 0 fully saturated rings. The molecule has 1 atom stereocenters. The van der Waals surface area contributed by atoms with Gasteiger partial charge in [0.1, 0.15) is 0 Å². The number of benzene rings is 1. The molecule has 4 heteroatoms. The third kappa shape index (κ3) is 4.25. The molecule has 1 aliphatic rings. The topological polar surface area (TPSA) is 41.1 Å². The SMILES string of the molecule is CCSCCC(C)NC(=O)c1ccc2c(c1)CNCC2. The van der Waals surface area contributed by atoms with Crippen LogP contribution in [0.1, 0.15) is 41.8 Å². The second kappa shape index (κ2) is 7.70. The number of fused-ring (bicyclic) bond motifs is 1. The Labute approximate surface area is 125 Å². The first kappa shape index (κ1) is 15.4. The molecular formula is C16H24N2OS. The maximum atomic E-state index is 12.2. The lowest BCUT2D eigenvalue weighted by atomic mass is 9.98. The second-order valence-electron chi connectivity index (χ2n) is 5.27. The van der Waals surface area contributed by atoms with Gasteiger partial charge in [-0.3, -0.25) is 4.79 Å². The molecule has 1 unspecified atom stereocenters. The van der Waals surface area contributed by atoms with E-state index in [1.807, 2.05) is 23.9 Å². The summed E-state index contributed by atoms with van der Waals surface area (Å²) in [6.07, 6.45) is 2.08. The molecule has 0 bridgehead atoms. The van der Waals surface area contributed by atoms with E-state index in [1.165, 1.54) is 11.1 Å². The minimum Gasteiger partial charge on any atom is -0.350 e. The van der Waals surface area contributed by atoms with Crippen LogP contribution in [0.25, 0.3) is 0 Å². The lowest BCUT2D eigenvalue weighted by molar-refractivity contribution is 0.0939. The van der Waals surface area contributed by atoms with Gasteiger partial charge in [-0.15, -0.1) is 0 Å². The molecule has 0 saturated heterocycles. The Morgan fingerprint density at radius 2 is 2.30 bits per heavy atom. The van der Waals surface area contributed by atoms with Gasteiger partial charge in [-0.25, -0.2) is 0 Å². The van der Waals surface area contributed by atoms with Crippen LogP contribution >= 0.6 is 11.8 Å². The summed E-state index contributed by atoms with van der Waals surface area (Å²) in [5, 5.41) is 6.44. The summed E-state index contributed by atoms with van der Waals surface area (Å²) in [6, 6.07) is 6.32. The van der Waals surface area contributed by atoms with Gasteiger partial charge in [-0.1, -0.05) is 13.0 Å². The van der Waals surface area contributed by atoms with E-state index >= 15 is 0 Å². The molecule has 1 amide bonds. The zero-order valence-electron chi connectivity index (χ0n) is 12.4. The van der Waals surface area contributed by atoms with Crippen LogP contribution in [0.3, 0.4) is 0 Å². The Morgan fingerprint density at radius 1 is 1.45 bits per heavy atom. The van der Waals surface area contributed by atoms with Crippen molar-refractivity contribution in [3.05, 3.63) is 34.9 Å². The lowest BCUT2D eigenvalue weighted by Gasteiger charge is -2.18. The highest BCUT2D eigenvalue weighted by Gasteiger charge is 2.13. The van der Waals surface area contributed by atoms with Gasteiger partial charge in [0.2, 0.25) is 0 Å². The lowest BCUT2D eigenvalue weighted by Crippen LogP contribution is -2.33. The Morgan fingerprint density at radius 3 is 3.10 bits per heavy atom.